The van der Waals surface area contributed by atoms with Gasteiger partial charge in [0.25, 0.3) is 0 Å². The standard InChI is InChI=1S/C13H10O3.Cu/c14-12-10(9-5-2-1-3-6-9)7-4-8-11(12)13(15)16;/h1-8,14H,(H,15,16);/q;+1/p-1. The van der Waals surface area contributed by atoms with Crippen LogP contribution in [-0.2, 0) is 17.1 Å². The van der Waals surface area contributed by atoms with Gasteiger partial charge in [0.1, 0.15) is 5.75 Å². The van der Waals surface area contributed by atoms with E-state index < -0.39 is 5.97 Å². The van der Waals surface area contributed by atoms with Crippen molar-refractivity contribution in [3.63, 3.8) is 0 Å². The Morgan fingerprint density at radius 1 is 1.00 bits per heavy atom. The number of aromatic hydroxyl groups is 1. The Morgan fingerprint density at radius 2 is 1.65 bits per heavy atom. The second-order valence-corrected chi connectivity index (χ2v) is 3.36. The molecule has 0 bridgehead atoms. The Bertz CT molecular complexity index is 523. The molecule has 1 N–H and O–H groups in total. The van der Waals surface area contributed by atoms with Crippen LogP contribution in [0.25, 0.3) is 11.1 Å². The minimum Gasteiger partial charge on any atom is -0.545 e. The molecule has 17 heavy (non-hydrogen) atoms. The van der Waals surface area contributed by atoms with Gasteiger partial charge in [0, 0.05) is 11.1 Å². The Kier molecular flexibility index (Phi) is 4.32. The van der Waals surface area contributed by atoms with Gasteiger partial charge in [0.05, 0.1) is 5.97 Å². The van der Waals surface area contributed by atoms with Crippen molar-refractivity contribution in [2.45, 2.75) is 0 Å². The summed E-state index contributed by atoms with van der Waals surface area (Å²) in [5.41, 5.74) is 1.06. The summed E-state index contributed by atoms with van der Waals surface area (Å²) in [5.74, 6) is -1.64. The van der Waals surface area contributed by atoms with Crippen LogP contribution < -0.4 is 5.11 Å². The molecule has 2 aromatic carbocycles. The maximum absolute atomic E-state index is 10.7. The smallest absolute Gasteiger partial charge is 0.545 e. The van der Waals surface area contributed by atoms with Crippen LogP contribution in [0.1, 0.15) is 10.4 Å². The summed E-state index contributed by atoms with van der Waals surface area (Å²) in [5, 5.41) is 20.5. The molecule has 0 atom stereocenters. The number of carbonyl (C=O) groups is 1. The zero-order valence-corrected chi connectivity index (χ0v) is 9.63. The van der Waals surface area contributed by atoms with Crippen LogP contribution in [0.4, 0.5) is 0 Å². The molecule has 0 heterocycles. The molecule has 0 saturated carbocycles. The van der Waals surface area contributed by atoms with Crippen molar-refractivity contribution in [3.05, 3.63) is 54.1 Å². The van der Waals surface area contributed by atoms with E-state index in [2.05, 4.69) is 0 Å². The van der Waals surface area contributed by atoms with Gasteiger partial charge >= 0.3 is 17.1 Å². The van der Waals surface area contributed by atoms with E-state index in [1.165, 1.54) is 6.07 Å². The number of aromatic carboxylic acids is 1. The van der Waals surface area contributed by atoms with E-state index in [-0.39, 0.29) is 28.4 Å². The first kappa shape index (κ1) is 13.3. The first-order chi connectivity index (χ1) is 7.70. The van der Waals surface area contributed by atoms with Crippen LogP contribution in [0, 0.1) is 0 Å². The van der Waals surface area contributed by atoms with Gasteiger partial charge in [0.15, 0.2) is 0 Å². The van der Waals surface area contributed by atoms with Crippen molar-refractivity contribution >= 4 is 5.97 Å². The molecule has 2 aromatic rings. The molecule has 4 heteroatoms. The molecule has 0 aliphatic heterocycles. The molecule has 0 saturated heterocycles. The van der Waals surface area contributed by atoms with Gasteiger partial charge in [-0.2, -0.15) is 0 Å². The number of carboxylic acids is 1. The first-order valence-electron chi connectivity index (χ1n) is 4.79. The van der Waals surface area contributed by atoms with Crippen LogP contribution >= 0.6 is 0 Å². The Balaban J connectivity index is 0.00000144. The summed E-state index contributed by atoms with van der Waals surface area (Å²) < 4.78 is 0. The molecule has 3 nitrogen and oxygen atoms in total. The molecule has 0 spiro atoms. The molecule has 2 rings (SSSR count). The number of phenols is 1. The molecule has 0 aliphatic carbocycles. The molecule has 0 amide bonds. The molecule has 0 radical (unpaired) electrons. The van der Waals surface area contributed by atoms with E-state index in [1.807, 2.05) is 18.2 Å². The van der Waals surface area contributed by atoms with E-state index >= 15 is 0 Å². The van der Waals surface area contributed by atoms with Crippen LogP contribution in [0.15, 0.2) is 48.5 Å². The minimum absolute atomic E-state index is 0. The second kappa shape index (κ2) is 5.53. The van der Waals surface area contributed by atoms with Gasteiger partial charge in [0.2, 0.25) is 0 Å². The van der Waals surface area contributed by atoms with Crippen molar-refractivity contribution in [2.24, 2.45) is 0 Å². The minimum atomic E-state index is -1.38. The molecule has 0 fully saturated rings. The fourth-order valence-corrected chi connectivity index (χ4v) is 1.56. The first-order valence-corrected chi connectivity index (χ1v) is 4.79. The second-order valence-electron chi connectivity index (χ2n) is 3.36. The van der Waals surface area contributed by atoms with Gasteiger partial charge in [-0.05, 0) is 11.6 Å². The van der Waals surface area contributed by atoms with Gasteiger partial charge in [-0.15, -0.1) is 0 Å². The van der Waals surface area contributed by atoms with Crippen LogP contribution in [0.5, 0.6) is 5.75 Å². The Hall–Kier alpha value is -1.77. The van der Waals surface area contributed by atoms with E-state index in [0.29, 0.717) is 5.56 Å². The van der Waals surface area contributed by atoms with Gasteiger partial charge in [-0.25, -0.2) is 0 Å². The third-order valence-corrected chi connectivity index (χ3v) is 2.34. The van der Waals surface area contributed by atoms with Crippen molar-refractivity contribution < 1.29 is 32.1 Å². The number of carbonyl (C=O) groups excluding carboxylic acids is 1. The summed E-state index contributed by atoms with van der Waals surface area (Å²) in [6.45, 7) is 0. The number of hydrogen-bond donors (Lipinski definition) is 1. The van der Waals surface area contributed by atoms with Crippen molar-refractivity contribution in [1.82, 2.24) is 0 Å². The van der Waals surface area contributed by atoms with Crippen molar-refractivity contribution in [3.8, 4) is 16.9 Å². The molecule has 0 aromatic heterocycles. The van der Waals surface area contributed by atoms with Crippen molar-refractivity contribution in [1.29, 1.82) is 0 Å². The van der Waals surface area contributed by atoms with E-state index in [4.69, 9.17) is 0 Å². The Labute approximate surface area is 109 Å². The third kappa shape index (κ3) is 2.67. The van der Waals surface area contributed by atoms with Crippen molar-refractivity contribution in [2.75, 3.05) is 0 Å². The van der Waals surface area contributed by atoms with Crippen LogP contribution in [-0.4, -0.2) is 11.1 Å². The Morgan fingerprint density at radius 3 is 2.24 bits per heavy atom. The quantitative estimate of drug-likeness (QED) is 0.844. The van der Waals surface area contributed by atoms with Gasteiger partial charge in [-0.1, -0.05) is 42.5 Å². The topological polar surface area (TPSA) is 60.4 Å². The van der Waals surface area contributed by atoms with Crippen LogP contribution in [0.3, 0.4) is 0 Å². The van der Waals surface area contributed by atoms with E-state index in [0.717, 1.165) is 5.56 Å². The average molecular weight is 277 g/mol. The summed E-state index contributed by atoms with van der Waals surface area (Å²) in [6.07, 6.45) is 0. The summed E-state index contributed by atoms with van der Waals surface area (Å²) >= 11 is 0. The predicted octanol–water partition coefficient (Wildman–Crippen LogP) is 1.42. The van der Waals surface area contributed by atoms with Gasteiger partial charge in [-0.3, -0.25) is 0 Å². The monoisotopic (exact) mass is 276 g/mol. The largest absolute Gasteiger partial charge is 1.00 e. The van der Waals surface area contributed by atoms with E-state index in [9.17, 15) is 15.0 Å². The molecule has 90 valence electrons. The summed E-state index contributed by atoms with van der Waals surface area (Å²) in [4.78, 5) is 10.7. The van der Waals surface area contributed by atoms with Crippen LogP contribution in [0.2, 0.25) is 0 Å². The third-order valence-electron chi connectivity index (χ3n) is 2.34. The van der Waals surface area contributed by atoms with Gasteiger partial charge < -0.3 is 15.0 Å². The molecule has 0 unspecified atom stereocenters. The number of hydrogen-bond acceptors (Lipinski definition) is 3. The number of para-hydroxylation sites is 1. The zero-order valence-electron chi connectivity index (χ0n) is 8.68. The maximum Gasteiger partial charge on any atom is 1.00 e. The number of rotatable bonds is 2. The SMILES string of the molecule is O=C([O-])c1cccc(-c2ccccc2)c1O.[Cu+]. The normalized spacial score (nSPS) is 9.41. The van der Waals surface area contributed by atoms with E-state index in [1.54, 1.807) is 24.3 Å². The molecular formula is C13H9CuO3. The molecule has 0 aliphatic rings. The zero-order chi connectivity index (χ0) is 11.5. The summed E-state index contributed by atoms with van der Waals surface area (Å²) in [6, 6.07) is 13.6. The summed E-state index contributed by atoms with van der Waals surface area (Å²) in [7, 11) is 0. The maximum atomic E-state index is 10.7. The number of carboxylic acid groups (broad SMARTS) is 1. The fraction of sp³-hybridized carbons (Fsp3) is 0. The predicted molar refractivity (Wildman–Crippen MR) is 57.9 cm³/mol. The molecular weight excluding hydrogens is 268 g/mol. The fourth-order valence-electron chi connectivity index (χ4n) is 1.56. The number of benzene rings is 2. The average Bonchev–Trinajstić information content (AvgIpc) is 2.30.